The number of likely N-dealkylation sites (tertiary alicyclic amines) is 1. The van der Waals surface area contributed by atoms with Gasteiger partial charge in [0.25, 0.3) is 5.91 Å². The fourth-order valence-electron chi connectivity index (χ4n) is 2.20. The quantitative estimate of drug-likeness (QED) is 0.636. The average Bonchev–Trinajstić information content (AvgIpc) is 2.41. The lowest BCUT2D eigenvalue weighted by molar-refractivity contribution is 0.0729. The smallest absolute Gasteiger partial charge is 0.256 e. The van der Waals surface area contributed by atoms with E-state index in [1.165, 1.54) is 6.07 Å². The third-order valence-electron chi connectivity index (χ3n) is 3.30. The normalized spacial score (nSPS) is 21.7. The van der Waals surface area contributed by atoms with Gasteiger partial charge in [0.15, 0.2) is 0 Å². The highest BCUT2D eigenvalue weighted by Crippen LogP contribution is 2.22. The molecule has 0 saturated carbocycles. The lowest BCUT2D eigenvalue weighted by atomic mass is 9.97. The van der Waals surface area contributed by atoms with Crippen molar-refractivity contribution < 1.29 is 14.4 Å². The van der Waals surface area contributed by atoms with Crippen molar-refractivity contribution in [1.82, 2.24) is 4.90 Å². The Kier molecular flexibility index (Phi) is 4.19. The summed E-state index contributed by atoms with van der Waals surface area (Å²) in [6, 6.07) is 4.67. The molecule has 0 radical (unpaired) electrons. The van der Waals surface area contributed by atoms with Gasteiger partial charge in [0.2, 0.25) is 0 Å². The predicted molar refractivity (Wildman–Crippen MR) is 73.0 cm³/mol. The molecule has 1 fully saturated rings. The number of benzene rings is 1. The summed E-state index contributed by atoms with van der Waals surface area (Å²) in [7, 11) is 0. The van der Waals surface area contributed by atoms with Crippen LogP contribution in [0.15, 0.2) is 27.8 Å². The lowest BCUT2D eigenvalue weighted by Crippen LogP contribution is -2.43. The van der Waals surface area contributed by atoms with E-state index in [-0.39, 0.29) is 21.9 Å². The minimum Gasteiger partial charge on any atom is -0.411 e. The van der Waals surface area contributed by atoms with Gasteiger partial charge in [0, 0.05) is 25.4 Å². The Morgan fingerprint density at radius 1 is 1.58 bits per heavy atom. The summed E-state index contributed by atoms with van der Waals surface area (Å²) in [5, 5.41) is 12.0. The van der Waals surface area contributed by atoms with E-state index < -0.39 is 5.82 Å². The van der Waals surface area contributed by atoms with Crippen molar-refractivity contribution in [2.45, 2.75) is 13.3 Å². The second-order valence-corrected chi connectivity index (χ2v) is 5.45. The topological polar surface area (TPSA) is 52.9 Å². The molecule has 102 valence electrons. The molecule has 1 saturated heterocycles. The van der Waals surface area contributed by atoms with E-state index in [1.54, 1.807) is 17.0 Å². The Bertz CT molecular complexity index is 533. The van der Waals surface area contributed by atoms with Gasteiger partial charge in [-0.05, 0) is 28.1 Å². The number of oxime groups is 1. The van der Waals surface area contributed by atoms with Crippen LogP contribution in [0.2, 0.25) is 0 Å². The Morgan fingerprint density at radius 3 is 2.95 bits per heavy atom. The molecule has 0 aromatic heterocycles. The molecular weight excluding hydrogens is 315 g/mol. The van der Waals surface area contributed by atoms with Crippen molar-refractivity contribution in [3.63, 3.8) is 0 Å². The Labute approximate surface area is 119 Å². The first-order chi connectivity index (χ1) is 9.04. The van der Waals surface area contributed by atoms with Crippen LogP contribution in [0.4, 0.5) is 4.39 Å². The largest absolute Gasteiger partial charge is 0.411 e. The number of carbonyl (C=O) groups is 1. The molecule has 1 aliphatic heterocycles. The van der Waals surface area contributed by atoms with Gasteiger partial charge in [0.1, 0.15) is 5.82 Å². The van der Waals surface area contributed by atoms with Gasteiger partial charge in [-0.1, -0.05) is 18.1 Å². The third kappa shape index (κ3) is 2.78. The number of nitrogens with zero attached hydrogens (tertiary/aromatic N) is 2. The van der Waals surface area contributed by atoms with Crippen LogP contribution in [0.5, 0.6) is 0 Å². The van der Waals surface area contributed by atoms with Gasteiger partial charge >= 0.3 is 0 Å². The maximum absolute atomic E-state index is 13.9. The number of carbonyl (C=O) groups excluding carboxylic acids is 1. The summed E-state index contributed by atoms with van der Waals surface area (Å²) in [4.78, 5) is 13.9. The second kappa shape index (κ2) is 5.69. The maximum atomic E-state index is 13.9. The Morgan fingerprint density at radius 2 is 2.32 bits per heavy atom. The number of hydrogen-bond donors (Lipinski definition) is 1. The number of amides is 1. The molecule has 1 atom stereocenters. The van der Waals surface area contributed by atoms with E-state index in [0.29, 0.717) is 25.2 Å². The molecule has 1 aromatic rings. The van der Waals surface area contributed by atoms with Gasteiger partial charge in [-0.2, -0.15) is 0 Å². The first-order valence-electron chi connectivity index (χ1n) is 5.98. The van der Waals surface area contributed by atoms with E-state index in [9.17, 15) is 9.18 Å². The van der Waals surface area contributed by atoms with E-state index in [1.807, 2.05) is 6.92 Å². The average molecular weight is 329 g/mol. The molecule has 1 N–H and O–H groups in total. The molecule has 6 heteroatoms. The van der Waals surface area contributed by atoms with Crippen LogP contribution in [0.3, 0.4) is 0 Å². The monoisotopic (exact) mass is 328 g/mol. The van der Waals surface area contributed by atoms with Crippen LogP contribution in [0, 0.1) is 11.7 Å². The van der Waals surface area contributed by atoms with E-state index in [2.05, 4.69) is 21.1 Å². The molecule has 1 amide bonds. The summed E-state index contributed by atoms with van der Waals surface area (Å²) >= 11 is 3.07. The van der Waals surface area contributed by atoms with Gasteiger partial charge in [-0.15, -0.1) is 0 Å². The Hall–Kier alpha value is -1.43. The van der Waals surface area contributed by atoms with Gasteiger partial charge in [0.05, 0.1) is 15.7 Å². The SMILES string of the molecule is CC1CN(C(=O)c2cccc(Br)c2F)CC/C1=N\O. The van der Waals surface area contributed by atoms with Crippen LogP contribution in [0.1, 0.15) is 23.7 Å². The number of hydrogen-bond acceptors (Lipinski definition) is 3. The molecule has 1 aliphatic rings. The van der Waals surface area contributed by atoms with Crippen molar-refractivity contribution in [3.8, 4) is 0 Å². The molecule has 1 aromatic carbocycles. The molecule has 1 heterocycles. The van der Waals surface area contributed by atoms with Crippen molar-refractivity contribution >= 4 is 27.5 Å². The first kappa shape index (κ1) is 14.0. The zero-order chi connectivity index (χ0) is 14.0. The molecule has 0 spiro atoms. The standard InChI is InChI=1S/C13H14BrFN2O2/c1-8-7-17(6-5-11(8)16-19)13(18)9-3-2-4-10(14)12(9)15/h2-4,8,19H,5-7H2,1H3/b16-11+. The van der Waals surface area contributed by atoms with Gasteiger partial charge in [-0.3, -0.25) is 4.79 Å². The van der Waals surface area contributed by atoms with E-state index >= 15 is 0 Å². The van der Waals surface area contributed by atoms with Crippen molar-refractivity contribution in [2.75, 3.05) is 13.1 Å². The van der Waals surface area contributed by atoms with Crippen LogP contribution in [-0.2, 0) is 0 Å². The minimum atomic E-state index is -0.540. The van der Waals surface area contributed by atoms with E-state index in [4.69, 9.17) is 5.21 Å². The zero-order valence-corrected chi connectivity index (χ0v) is 12.0. The van der Waals surface area contributed by atoms with Crippen LogP contribution >= 0.6 is 15.9 Å². The lowest BCUT2D eigenvalue weighted by Gasteiger charge is -2.31. The summed E-state index contributed by atoms with van der Waals surface area (Å²) < 4.78 is 14.2. The van der Waals surface area contributed by atoms with Crippen LogP contribution in [-0.4, -0.2) is 34.8 Å². The van der Waals surface area contributed by atoms with Gasteiger partial charge in [-0.25, -0.2) is 4.39 Å². The van der Waals surface area contributed by atoms with Gasteiger partial charge < -0.3 is 10.1 Å². The minimum absolute atomic E-state index is 0.0158. The summed E-state index contributed by atoms with van der Waals surface area (Å²) in [6.45, 7) is 2.75. The highest BCUT2D eigenvalue weighted by atomic mass is 79.9. The first-order valence-corrected chi connectivity index (χ1v) is 6.78. The highest BCUT2D eigenvalue weighted by Gasteiger charge is 2.28. The molecule has 0 bridgehead atoms. The van der Waals surface area contributed by atoms with Crippen molar-refractivity contribution in [1.29, 1.82) is 0 Å². The number of halogens is 2. The van der Waals surface area contributed by atoms with E-state index in [0.717, 1.165) is 0 Å². The highest BCUT2D eigenvalue weighted by molar-refractivity contribution is 9.10. The molecular formula is C13H14BrFN2O2. The summed E-state index contributed by atoms with van der Waals surface area (Å²) in [5.74, 6) is -0.887. The van der Waals surface area contributed by atoms with Crippen LogP contribution < -0.4 is 0 Å². The van der Waals surface area contributed by atoms with Crippen LogP contribution in [0.25, 0.3) is 0 Å². The Balaban J connectivity index is 2.19. The van der Waals surface area contributed by atoms with Crippen molar-refractivity contribution in [3.05, 3.63) is 34.1 Å². The number of rotatable bonds is 1. The molecule has 0 aliphatic carbocycles. The van der Waals surface area contributed by atoms with Crippen molar-refractivity contribution in [2.24, 2.45) is 11.1 Å². The second-order valence-electron chi connectivity index (χ2n) is 4.59. The third-order valence-corrected chi connectivity index (χ3v) is 3.91. The summed E-state index contributed by atoms with van der Waals surface area (Å²) in [6.07, 6.45) is 0.513. The zero-order valence-electron chi connectivity index (χ0n) is 10.4. The molecule has 4 nitrogen and oxygen atoms in total. The fraction of sp³-hybridized carbons (Fsp3) is 0.385. The molecule has 2 rings (SSSR count). The predicted octanol–water partition coefficient (Wildman–Crippen LogP) is 2.90. The molecule has 19 heavy (non-hydrogen) atoms. The summed E-state index contributed by atoms with van der Waals surface area (Å²) in [5.41, 5.74) is 0.740. The fourth-order valence-corrected chi connectivity index (χ4v) is 2.56. The maximum Gasteiger partial charge on any atom is 0.256 e. The number of piperidine rings is 1. The molecule has 1 unspecified atom stereocenters.